The largest absolute Gasteiger partial charge is 0.374 e. The summed E-state index contributed by atoms with van der Waals surface area (Å²) in [6.45, 7) is 0. The second kappa shape index (κ2) is 5.61. The Labute approximate surface area is 119 Å². The SMILES string of the molecule is CO[C@@H]1CCC[C@](c2ccccc2Cl)(N(C)C)C1=O. The maximum Gasteiger partial charge on any atom is 0.186 e. The fourth-order valence-electron chi connectivity index (χ4n) is 3.04. The van der Waals surface area contributed by atoms with E-state index in [2.05, 4.69) is 0 Å². The number of ether oxygens (including phenoxy) is 1. The van der Waals surface area contributed by atoms with Crippen molar-refractivity contribution in [1.82, 2.24) is 4.90 Å². The number of carbonyl (C=O) groups excluding carboxylic acids is 1. The number of likely N-dealkylation sites (N-methyl/N-ethyl adjacent to an activating group) is 1. The van der Waals surface area contributed by atoms with E-state index in [4.69, 9.17) is 16.3 Å². The van der Waals surface area contributed by atoms with Crippen LogP contribution < -0.4 is 0 Å². The van der Waals surface area contributed by atoms with Gasteiger partial charge in [-0.15, -0.1) is 0 Å². The highest BCUT2D eigenvalue weighted by Gasteiger charge is 2.48. The number of methoxy groups -OCH3 is 1. The number of benzene rings is 1. The fourth-order valence-corrected chi connectivity index (χ4v) is 3.33. The third-order valence-electron chi connectivity index (χ3n) is 4.07. The molecule has 0 unspecified atom stereocenters. The topological polar surface area (TPSA) is 29.5 Å². The molecule has 1 aliphatic carbocycles. The van der Waals surface area contributed by atoms with Gasteiger partial charge in [-0.25, -0.2) is 0 Å². The van der Waals surface area contributed by atoms with Crippen LogP contribution in [0, 0.1) is 0 Å². The van der Waals surface area contributed by atoms with Crippen LogP contribution in [0.25, 0.3) is 0 Å². The summed E-state index contributed by atoms with van der Waals surface area (Å²) in [5, 5.41) is 0.640. The van der Waals surface area contributed by atoms with Crippen LogP contribution in [-0.4, -0.2) is 38.0 Å². The van der Waals surface area contributed by atoms with Crippen LogP contribution in [0.5, 0.6) is 0 Å². The molecule has 1 aromatic carbocycles. The van der Waals surface area contributed by atoms with Crippen molar-refractivity contribution in [2.24, 2.45) is 0 Å². The lowest BCUT2D eigenvalue weighted by atomic mass is 9.73. The molecule has 0 saturated heterocycles. The average Bonchev–Trinajstić information content (AvgIpc) is 2.40. The van der Waals surface area contributed by atoms with Crippen molar-refractivity contribution >= 4 is 17.4 Å². The van der Waals surface area contributed by atoms with Crippen molar-refractivity contribution < 1.29 is 9.53 Å². The van der Waals surface area contributed by atoms with Crippen molar-refractivity contribution in [3.8, 4) is 0 Å². The summed E-state index contributed by atoms with van der Waals surface area (Å²) in [6.07, 6.45) is 2.18. The number of carbonyl (C=O) groups is 1. The first kappa shape index (κ1) is 14.5. The van der Waals surface area contributed by atoms with Crippen LogP contribution in [0.1, 0.15) is 24.8 Å². The van der Waals surface area contributed by atoms with Gasteiger partial charge in [0.05, 0.1) is 0 Å². The molecule has 0 bridgehead atoms. The maximum absolute atomic E-state index is 12.8. The quantitative estimate of drug-likeness (QED) is 0.853. The Morgan fingerprint density at radius 2 is 2.05 bits per heavy atom. The lowest BCUT2D eigenvalue weighted by Crippen LogP contribution is -2.55. The zero-order valence-corrected chi connectivity index (χ0v) is 12.4. The van der Waals surface area contributed by atoms with E-state index in [0.29, 0.717) is 5.02 Å². The molecule has 104 valence electrons. The molecule has 0 heterocycles. The first-order valence-electron chi connectivity index (χ1n) is 6.53. The van der Waals surface area contributed by atoms with Gasteiger partial charge in [-0.2, -0.15) is 0 Å². The molecule has 0 N–H and O–H groups in total. The van der Waals surface area contributed by atoms with Gasteiger partial charge in [0.15, 0.2) is 5.78 Å². The highest BCUT2D eigenvalue weighted by molar-refractivity contribution is 6.31. The Kier molecular flexibility index (Phi) is 4.29. The molecule has 1 aliphatic rings. The van der Waals surface area contributed by atoms with Crippen molar-refractivity contribution in [2.45, 2.75) is 30.9 Å². The summed E-state index contributed by atoms with van der Waals surface area (Å²) in [6, 6.07) is 7.59. The Morgan fingerprint density at radius 3 is 2.63 bits per heavy atom. The predicted octanol–water partition coefficient (Wildman–Crippen LogP) is 2.86. The van der Waals surface area contributed by atoms with E-state index in [1.54, 1.807) is 7.11 Å². The van der Waals surface area contributed by atoms with Crippen LogP contribution in [0.3, 0.4) is 0 Å². The zero-order chi connectivity index (χ0) is 14.0. The van der Waals surface area contributed by atoms with E-state index in [-0.39, 0.29) is 11.9 Å². The number of ketones is 1. The molecular weight excluding hydrogens is 262 g/mol. The van der Waals surface area contributed by atoms with Gasteiger partial charge < -0.3 is 4.74 Å². The van der Waals surface area contributed by atoms with E-state index >= 15 is 0 Å². The predicted molar refractivity (Wildman–Crippen MR) is 76.5 cm³/mol. The molecule has 1 fully saturated rings. The van der Waals surface area contributed by atoms with Gasteiger partial charge in [0.1, 0.15) is 11.6 Å². The van der Waals surface area contributed by atoms with E-state index in [0.717, 1.165) is 24.8 Å². The molecule has 0 spiro atoms. The number of hydrogen-bond donors (Lipinski definition) is 0. The zero-order valence-electron chi connectivity index (χ0n) is 11.6. The number of halogens is 1. The van der Waals surface area contributed by atoms with E-state index in [9.17, 15) is 4.79 Å². The van der Waals surface area contributed by atoms with Crippen molar-refractivity contribution in [1.29, 1.82) is 0 Å². The van der Waals surface area contributed by atoms with Crippen molar-refractivity contribution in [2.75, 3.05) is 21.2 Å². The third kappa shape index (κ3) is 2.31. The molecule has 0 aliphatic heterocycles. The molecule has 0 radical (unpaired) electrons. The fraction of sp³-hybridized carbons (Fsp3) is 0.533. The molecule has 1 aromatic rings. The standard InChI is InChI=1S/C15H20ClNO2/c1-17(2)15(11-7-4-5-8-12(11)16)10-6-9-13(19-3)14(15)18/h4-5,7-8,13H,6,9-10H2,1-3H3/t13-,15-/m1/s1. The van der Waals surface area contributed by atoms with Gasteiger partial charge in [0, 0.05) is 12.1 Å². The van der Waals surface area contributed by atoms with Gasteiger partial charge in [-0.3, -0.25) is 9.69 Å². The average molecular weight is 282 g/mol. The minimum Gasteiger partial charge on any atom is -0.374 e. The lowest BCUT2D eigenvalue weighted by molar-refractivity contribution is -0.145. The van der Waals surface area contributed by atoms with Gasteiger partial charge in [0.25, 0.3) is 0 Å². The second-order valence-electron chi connectivity index (χ2n) is 5.22. The van der Waals surface area contributed by atoms with Gasteiger partial charge in [-0.1, -0.05) is 29.8 Å². The van der Waals surface area contributed by atoms with Crippen LogP contribution >= 0.6 is 11.6 Å². The van der Waals surface area contributed by atoms with Crippen molar-refractivity contribution in [3.63, 3.8) is 0 Å². The van der Waals surface area contributed by atoms with E-state index in [1.807, 2.05) is 43.3 Å². The monoisotopic (exact) mass is 281 g/mol. The van der Waals surface area contributed by atoms with Crippen molar-refractivity contribution in [3.05, 3.63) is 34.9 Å². The highest BCUT2D eigenvalue weighted by Crippen LogP contribution is 2.42. The summed E-state index contributed by atoms with van der Waals surface area (Å²) in [5.74, 6) is 0.111. The molecule has 0 aromatic heterocycles. The Bertz CT molecular complexity index is 475. The smallest absolute Gasteiger partial charge is 0.186 e. The highest BCUT2D eigenvalue weighted by atomic mass is 35.5. The third-order valence-corrected chi connectivity index (χ3v) is 4.40. The summed E-state index contributed by atoms with van der Waals surface area (Å²) >= 11 is 6.33. The molecule has 2 rings (SSSR count). The first-order chi connectivity index (χ1) is 9.04. The van der Waals surface area contributed by atoms with Crippen LogP contribution in [0.15, 0.2) is 24.3 Å². The number of Topliss-reactive ketones (excluding diaryl/α,β-unsaturated/α-hetero) is 1. The van der Waals surface area contributed by atoms with Crippen LogP contribution in [-0.2, 0) is 15.1 Å². The minimum atomic E-state index is -0.669. The van der Waals surface area contributed by atoms with Gasteiger partial charge in [0.2, 0.25) is 0 Å². The van der Waals surface area contributed by atoms with Gasteiger partial charge >= 0.3 is 0 Å². The van der Waals surface area contributed by atoms with Gasteiger partial charge in [-0.05, 0) is 45.0 Å². The minimum absolute atomic E-state index is 0.111. The molecule has 2 atom stereocenters. The van der Waals surface area contributed by atoms with E-state index < -0.39 is 5.54 Å². The Balaban J connectivity index is 2.55. The summed E-state index contributed by atoms with van der Waals surface area (Å²) in [5.41, 5.74) is 0.213. The first-order valence-corrected chi connectivity index (χ1v) is 6.91. The number of rotatable bonds is 3. The molecule has 1 saturated carbocycles. The molecule has 19 heavy (non-hydrogen) atoms. The summed E-state index contributed by atoms with van der Waals surface area (Å²) in [7, 11) is 5.46. The van der Waals surface area contributed by atoms with E-state index in [1.165, 1.54) is 0 Å². The maximum atomic E-state index is 12.8. The second-order valence-corrected chi connectivity index (χ2v) is 5.62. The number of nitrogens with zero attached hydrogens (tertiary/aromatic N) is 1. The van der Waals surface area contributed by atoms with Crippen LogP contribution in [0.2, 0.25) is 5.02 Å². The number of hydrogen-bond acceptors (Lipinski definition) is 3. The molecule has 4 heteroatoms. The summed E-state index contributed by atoms with van der Waals surface area (Å²) < 4.78 is 5.35. The Morgan fingerprint density at radius 1 is 1.37 bits per heavy atom. The lowest BCUT2D eigenvalue weighted by Gasteiger charge is -2.44. The molecule has 3 nitrogen and oxygen atoms in total. The summed E-state index contributed by atoms with van der Waals surface area (Å²) in [4.78, 5) is 14.8. The van der Waals surface area contributed by atoms with Crippen LogP contribution in [0.4, 0.5) is 0 Å². The molecule has 0 amide bonds. The normalized spacial score (nSPS) is 27.8. The Hall–Kier alpha value is -0.900. The molecular formula is C15H20ClNO2.